The molecular formula is C30H38N4O4S. The minimum Gasteiger partial charge on any atom is -0.394 e. The zero-order valence-electron chi connectivity index (χ0n) is 23.0. The lowest BCUT2D eigenvalue weighted by molar-refractivity contribution is -0.142. The maximum atomic E-state index is 14.3. The van der Waals surface area contributed by atoms with Crippen LogP contribution < -0.4 is 15.5 Å². The van der Waals surface area contributed by atoms with Gasteiger partial charge in [0.1, 0.15) is 6.04 Å². The highest BCUT2D eigenvalue weighted by Crippen LogP contribution is 2.72. The average Bonchev–Trinajstić information content (AvgIpc) is 3.52. The Morgan fingerprint density at radius 1 is 1.08 bits per heavy atom. The molecule has 0 saturated carbocycles. The van der Waals surface area contributed by atoms with Crippen molar-refractivity contribution < 1.29 is 19.5 Å². The lowest BCUT2D eigenvalue weighted by Gasteiger charge is -2.37. The summed E-state index contributed by atoms with van der Waals surface area (Å²) in [5, 5.41) is 16.4. The molecule has 3 amide bonds. The van der Waals surface area contributed by atoms with Crippen LogP contribution in [0.5, 0.6) is 0 Å². The maximum Gasteiger partial charge on any atom is 0.248 e. The first-order chi connectivity index (χ1) is 18.7. The van der Waals surface area contributed by atoms with Gasteiger partial charge in [-0.2, -0.15) is 0 Å². The number of thioether (sulfide) groups is 1. The highest BCUT2D eigenvalue weighted by Gasteiger charge is 2.77. The van der Waals surface area contributed by atoms with Crippen molar-refractivity contribution in [2.75, 3.05) is 37.0 Å². The van der Waals surface area contributed by atoms with Crippen molar-refractivity contribution in [3.63, 3.8) is 0 Å². The van der Waals surface area contributed by atoms with Crippen molar-refractivity contribution in [2.24, 2.45) is 11.8 Å². The third-order valence-electron chi connectivity index (χ3n) is 8.95. The molecule has 2 aromatic rings. The number of amides is 3. The Hall–Kier alpha value is -3.04. The fourth-order valence-corrected chi connectivity index (χ4v) is 9.48. The number of nitrogens with one attached hydrogen (secondary N) is 2. The predicted molar refractivity (Wildman–Crippen MR) is 155 cm³/mol. The SMILES string of the molecule is CCN(CC)c1ccc(NC(=O)C2N([C@H](CO)c3ccccc3)C(=O)[C@@H]3[C@H](C(=O)NC)[C@]4(C)CCC23S4)cc1. The third-order valence-corrected chi connectivity index (χ3v) is 10.9. The summed E-state index contributed by atoms with van der Waals surface area (Å²) in [6, 6.07) is 15.5. The summed E-state index contributed by atoms with van der Waals surface area (Å²) >= 11 is 1.62. The number of carbonyl (C=O) groups is 3. The number of carbonyl (C=O) groups excluding carboxylic acids is 3. The summed E-state index contributed by atoms with van der Waals surface area (Å²) in [4.78, 5) is 45.5. The van der Waals surface area contributed by atoms with Gasteiger partial charge in [0.05, 0.1) is 29.2 Å². The first kappa shape index (κ1) is 27.5. The maximum absolute atomic E-state index is 14.3. The van der Waals surface area contributed by atoms with Gasteiger partial charge in [0.15, 0.2) is 0 Å². The number of aliphatic hydroxyl groups excluding tert-OH is 1. The van der Waals surface area contributed by atoms with Crippen LogP contribution in [0.25, 0.3) is 0 Å². The Morgan fingerprint density at radius 2 is 1.74 bits per heavy atom. The Labute approximate surface area is 234 Å². The van der Waals surface area contributed by atoms with Gasteiger partial charge in [-0.1, -0.05) is 30.3 Å². The molecular weight excluding hydrogens is 512 g/mol. The van der Waals surface area contributed by atoms with E-state index in [2.05, 4.69) is 29.4 Å². The first-order valence-corrected chi connectivity index (χ1v) is 14.6. The van der Waals surface area contributed by atoms with E-state index in [0.717, 1.165) is 30.8 Å². The van der Waals surface area contributed by atoms with Crippen LogP contribution in [0, 0.1) is 11.8 Å². The molecule has 39 heavy (non-hydrogen) atoms. The molecule has 0 aromatic heterocycles. The van der Waals surface area contributed by atoms with Gasteiger partial charge in [-0.15, -0.1) is 11.8 Å². The molecule has 3 N–H and O–H groups in total. The van der Waals surface area contributed by atoms with E-state index >= 15 is 0 Å². The normalized spacial score (nSPS) is 29.7. The van der Waals surface area contributed by atoms with Gasteiger partial charge < -0.3 is 25.5 Å². The molecule has 3 saturated heterocycles. The summed E-state index contributed by atoms with van der Waals surface area (Å²) in [6.45, 7) is 7.69. The Morgan fingerprint density at radius 3 is 2.33 bits per heavy atom. The summed E-state index contributed by atoms with van der Waals surface area (Å²) in [5.41, 5.74) is 2.48. The second-order valence-corrected chi connectivity index (χ2v) is 12.8. The van der Waals surface area contributed by atoms with Crippen molar-refractivity contribution in [2.45, 2.75) is 55.2 Å². The van der Waals surface area contributed by atoms with Crippen molar-refractivity contribution in [3.05, 3.63) is 60.2 Å². The Kier molecular flexibility index (Phi) is 7.41. The summed E-state index contributed by atoms with van der Waals surface area (Å²) in [6.07, 6.45) is 1.39. The largest absolute Gasteiger partial charge is 0.394 e. The first-order valence-electron chi connectivity index (χ1n) is 13.8. The molecule has 3 aliphatic rings. The van der Waals surface area contributed by atoms with E-state index in [1.165, 1.54) is 0 Å². The molecule has 9 heteroatoms. The van der Waals surface area contributed by atoms with Crippen LogP contribution in [-0.4, -0.2) is 70.0 Å². The van der Waals surface area contributed by atoms with Gasteiger partial charge >= 0.3 is 0 Å². The van der Waals surface area contributed by atoms with E-state index in [4.69, 9.17) is 0 Å². The summed E-state index contributed by atoms with van der Waals surface area (Å²) in [7, 11) is 1.60. The molecule has 3 heterocycles. The Balaban J connectivity index is 1.55. The van der Waals surface area contributed by atoms with Crippen LogP contribution in [-0.2, 0) is 14.4 Å². The molecule has 3 fully saturated rings. The lowest BCUT2D eigenvalue weighted by atomic mass is 9.66. The van der Waals surface area contributed by atoms with Gasteiger partial charge in [0.2, 0.25) is 17.7 Å². The van der Waals surface area contributed by atoms with Crippen LogP contribution in [0.15, 0.2) is 54.6 Å². The monoisotopic (exact) mass is 550 g/mol. The lowest BCUT2D eigenvalue weighted by Crippen LogP contribution is -2.52. The van der Waals surface area contributed by atoms with Crippen LogP contribution in [0.4, 0.5) is 11.4 Å². The van der Waals surface area contributed by atoms with E-state index in [1.54, 1.807) is 23.7 Å². The van der Waals surface area contributed by atoms with Crippen molar-refractivity contribution in [1.82, 2.24) is 10.2 Å². The summed E-state index contributed by atoms with van der Waals surface area (Å²) < 4.78 is -1.19. The average molecular weight is 551 g/mol. The zero-order chi connectivity index (χ0) is 27.9. The van der Waals surface area contributed by atoms with Crippen LogP contribution in [0.3, 0.4) is 0 Å². The molecule has 2 unspecified atom stereocenters. The van der Waals surface area contributed by atoms with Crippen molar-refractivity contribution >= 4 is 40.9 Å². The molecule has 6 atom stereocenters. The minimum absolute atomic E-state index is 0.168. The van der Waals surface area contributed by atoms with Crippen molar-refractivity contribution in [3.8, 4) is 0 Å². The molecule has 3 aliphatic heterocycles. The number of nitrogens with zero attached hydrogens (tertiary/aromatic N) is 2. The number of hydrogen-bond donors (Lipinski definition) is 3. The van der Waals surface area contributed by atoms with Gasteiger partial charge in [0.25, 0.3) is 0 Å². The summed E-state index contributed by atoms with van der Waals surface area (Å²) in [5.74, 6) is -1.87. The van der Waals surface area contributed by atoms with Gasteiger partial charge in [-0.25, -0.2) is 0 Å². The highest BCUT2D eigenvalue weighted by molar-refractivity contribution is 8.02. The van der Waals surface area contributed by atoms with Crippen LogP contribution in [0.2, 0.25) is 0 Å². The van der Waals surface area contributed by atoms with Crippen molar-refractivity contribution in [1.29, 1.82) is 0 Å². The van der Waals surface area contributed by atoms with E-state index in [0.29, 0.717) is 12.1 Å². The molecule has 0 radical (unpaired) electrons. The van der Waals surface area contributed by atoms with E-state index < -0.39 is 33.4 Å². The molecule has 0 aliphatic carbocycles. The number of aliphatic hydroxyl groups is 1. The van der Waals surface area contributed by atoms with Gasteiger partial charge in [-0.3, -0.25) is 14.4 Å². The van der Waals surface area contributed by atoms with Crippen LogP contribution in [0.1, 0.15) is 45.2 Å². The Bertz CT molecular complexity index is 1240. The second-order valence-electron chi connectivity index (χ2n) is 10.9. The zero-order valence-corrected chi connectivity index (χ0v) is 23.8. The van der Waals surface area contributed by atoms with Gasteiger partial charge in [0, 0.05) is 36.3 Å². The van der Waals surface area contributed by atoms with E-state index in [1.807, 2.05) is 61.5 Å². The smallest absolute Gasteiger partial charge is 0.248 e. The topological polar surface area (TPSA) is 102 Å². The van der Waals surface area contributed by atoms with Gasteiger partial charge in [-0.05, 0) is 63.4 Å². The third kappa shape index (κ3) is 4.30. The van der Waals surface area contributed by atoms with E-state index in [-0.39, 0.29) is 24.3 Å². The standard InChI is InChI=1S/C30H38N4O4S/c1-5-33(6-2)21-14-12-20(13-15-21)32-27(37)25-30-17-16-29(3,39-30)23(26(36)31-4)24(30)28(38)34(25)22(18-35)19-10-8-7-9-11-19/h7-15,22-25,35H,5-6,16-18H2,1-4H3,(H,31,36)(H,32,37)/t22-,23-,24+,25?,29+,30?/m1/s1. The molecule has 2 aromatic carbocycles. The predicted octanol–water partition coefficient (Wildman–Crippen LogP) is 3.43. The highest BCUT2D eigenvalue weighted by atomic mass is 32.2. The number of likely N-dealkylation sites (tertiary alicyclic amines) is 1. The number of fused-ring (bicyclic) bond motifs is 1. The fraction of sp³-hybridized carbons (Fsp3) is 0.500. The molecule has 2 bridgehead atoms. The quantitative estimate of drug-likeness (QED) is 0.442. The molecule has 8 nitrogen and oxygen atoms in total. The second kappa shape index (κ2) is 10.5. The minimum atomic E-state index is -0.837. The fourth-order valence-electron chi connectivity index (χ4n) is 7.14. The van der Waals surface area contributed by atoms with Crippen LogP contribution >= 0.6 is 11.8 Å². The number of hydrogen-bond acceptors (Lipinski definition) is 6. The van der Waals surface area contributed by atoms with E-state index in [9.17, 15) is 19.5 Å². The number of rotatable bonds is 9. The molecule has 1 spiro atoms. The molecule has 208 valence electrons. The molecule has 5 rings (SSSR count). The number of anilines is 2. The number of benzene rings is 2.